The third-order valence-electron chi connectivity index (χ3n) is 12.9. The molecule has 3 heteroatoms. The molecule has 0 aliphatic rings. The van der Waals surface area contributed by atoms with Gasteiger partial charge in [-0.2, -0.15) is 0 Å². The van der Waals surface area contributed by atoms with E-state index in [1.807, 2.05) is 6.08 Å². The summed E-state index contributed by atoms with van der Waals surface area (Å²) in [5, 5.41) is 5.03. The van der Waals surface area contributed by atoms with E-state index in [9.17, 15) is 0 Å². The third kappa shape index (κ3) is 6.70. The minimum absolute atomic E-state index is 1.08. The SMILES string of the molecule is C=Cc1ccc(-c2ccc(N(c3ccc(-c4ccc(-n5c6ccccc6c6ccccc65)cc4)cc3)c3ccc(-c4ccc5c(c4)c4ccccc4n5-c4ccccc4)cc3)cc2)cc1. The lowest BCUT2D eigenvalue weighted by molar-refractivity contribution is 1.18. The number of aromatic nitrogens is 2. The lowest BCUT2D eigenvalue weighted by atomic mass is 10.0. The summed E-state index contributed by atoms with van der Waals surface area (Å²) in [6.07, 6.45) is 1.88. The van der Waals surface area contributed by atoms with E-state index in [0.717, 1.165) is 34.0 Å². The van der Waals surface area contributed by atoms with Gasteiger partial charge in [0.15, 0.2) is 0 Å². The molecule has 2 heterocycles. The van der Waals surface area contributed by atoms with Crippen LogP contribution in [-0.2, 0) is 0 Å². The fraction of sp³-hybridized carbons (Fsp3) is 0. The van der Waals surface area contributed by atoms with E-state index in [1.54, 1.807) is 0 Å². The maximum atomic E-state index is 3.92. The van der Waals surface area contributed by atoms with Crippen LogP contribution in [0.2, 0.25) is 0 Å². The molecular weight excluding hydrogens is 787 g/mol. The first-order chi connectivity index (χ1) is 32.2. The molecule has 0 amide bonds. The van der Waals surface area contributed by atoms with Crippen LogP contribution in [0.5, 0.6) is 0 Å². The molecule has 0 aliphatic carbocycles. The molecule has 0 radical (unpaired) electrons. The van der Waals surface area contributed by atoms with Gasteiger partial charge in [-0.3, -0.25) is 0 Å². The van der Waals surface area contributed by atoms with E-state index in [0.29, 0.717) is 0 Å². The number of anilines is 3. The standard InChI is InChI=1S/C62H43N3/c1-2-43-20-22-44(23-21-43)45-24-33-51(34-25-45)63(52-35-26-46(27-36-52)47-28-39-54(40-29-47)65-59-17-9-6-14-55(59)56-15-7-10-18-60(56)65)53-37-30-48(31-38-53)49-32-41-62-58(42-49)57-16-8-11-19-61(57)64(62)50-12-4-3-5-13-50/h2-42H,1H2. The first-order valence-corrected chi connectivity index (χ1v) is 22.2. The number of rotatable bonds is 9. The highest BCUT2D eigenvalue weighted by Crippen LogP contribution is 2.40. The molecule has 0 unspecified atom stereocenters. The highest BCUT2D eigenvalue weighted by Gasteiger charge is 2.17. The zero-order chi connectivity index (χ0) is 43.3. The quantitative estimate of drug-likeness (QED) is 0.141. The molecule has 0 saturated heterocycles. The fourth-order valence-corrected chi connectivity index (χ4v) is 9.68. The number of fused-ring (bicyclic) bond motifs is 6. The van der Waals surface area contributed by atoms with E-state index in [2.05, 4.69) is 263 Å². The van der Waals surface area contributed by atoms with Crippen LogP contribution < -0.4 is 4.90 Å². The predicted molar refractivity (Wildman–Crippen MR) is 276 cm³/mol. The van der Waals surface area contributed by atoms with Crippen LogP contribution in [0.4, 0.5) is 17.1 Å². The molecule has 10 aromatic carbocycles. The van der Waals surface area contributed by atoms with Crippen molar-refractivity contribution >= 4 is 66.7 Å². The molecule has 65 heavy (non-hydrogen) atoms. The number of benzene rings is 10. The van der Waals surface area contributed by atoms with Gasteiger partial charge in [0.05, 0.1) is 22.1 Å². The van der Waals surface area contributed by atoms with Crippen molar-refractivity contribution in [3.8, 4) is 44.8 Å². The molecule has 0 aliphatic heterocycles. The Bertz CT molecular complexity index is 3620. The Kier molecular flexibility index (Phi) is 9.31. The van der Waals surface area contributed by atoms with Crippen molar-refractivity contribution < 1.29 is 0 Å². The van der Waals surface area contributed by atoms with Crippen LogP contribution in [-0.4, -0.2) is 9.13 Å². The van der Waals surface area contributed by atoms with E-state index >= 15 is 0 Å². The first kappa shape index (κ1) is 38.0. The van der Waals surface area contributed by atoms with Gasteiger partial charge in [-0.25, -0.2) is 0 Å². The minimum atomic E-state index is 1.08. The van der Waals surface area contributed by atoms with Crippen LogP contribution >= 0.6 is 0 Å². The van der Waals surface area contributed by atoms with Crippen LogP contribution in [0.1, 0.15) is 5.56 Å². The molecule has 2 aromatic heterocycles. The summed E-state index contributed by atoms with van der Waals surface area (Å²) >= 11 is 0. The molecule has 0 fully saturated rings. The molecule has 0 N–H and O–H groups in total. The molecule has 0 saturated carbocycles. The topological polar surface area (TPSA) is 13.1 Å². The zero-order valence-corrected chi connectivity index (χ0v) is 35.7. The van der Waals surface area contributed by atoms with Gasteiger partial charge in [-0.1, -0.05) is 164 Å². The Morgan fingerprint density at radius 1 is 0.292 bits per heavy atom. The lowest BCUT2D eigenvalue weighted by Gasteiger charge is -2.26. The molecule has 3 nitrogen and oxygen atoms in total. The molecule has 0 spiro atoms. The van der Waals surface area contributed by atoms with E-state index in [-0.39, 0.29) is 0 Å². The van der Waals surface area contributed by atoms with Crippen LogP contribution in [0.15, 0.2) is 249 Å². The minimum Gasteiger partial charge on any atom is -0.311 e. The lowest BCUT2D eigenvalue weighted by Crippen LogP contribution is -2.09. The van der Waals surface area contributed by atoms with Crippen molar-refractivity contribution in [3.05, 3.63) is 255 Å². The van der Waals surface area contributed by atoms with Crippen molar-refractivity contribution in [1.29, 1.82) is 0 Å². The number of para-hydroxylation sites is 4. The number of nitrogens with zero attached hydrogens (tertiary/aromatic N) is 3. The highest BCUT2D eigenvalue weighted by atomic mass is 15.1. The Morgan fingerprint density at radius 3 is 1.09 bits per heavy atom. The second kappa shape index (κ2) is 15.9. The maximum absolute atomic E-state index is 3.92. The molecular formula is C62H43N3. The fourth-order valence-electron chi connectivity index (χ4n) is 9.68. The highest BCUT2D eigenvalue weighted by molar-refractivity contribution is 6.11. The van der Waals surface area contributed by atoms with E-state index in [4.69, 9.17) is 0 Å². The van der Waals surface area contributed by atoms with Gasteiger partial charge in [0.25, 0.3) is 0 Å². The summed E-state index contributed by atoms with van der Waals surface area (Å²) in [7, 11) is 0. The van der Waals surface area contributed by atoms with Crippen molar-refractivity contribution in [2.45, 2.75) is 0 Å². The van der Waals surface area contributed by atoms with Crippen molar-refractivity contribution in [2.24, 2.45) is 0 Å². The van der Waals surface area contributed by atoms with Crippen LogP contribution in [0, 0.1) is 0 Å². The summed E-state index contributed by atoms with van der Waals surface area (Å²) in [5.41, 5.74) is 18.6. The summed E-state index contributed by atoms with van der Waals surface area (Å²) in [4.78, 5) is 2.35. The predicted octanol–water partition coefficient (Wildman–Crippen LogP) is 17.0. The van der Waals surface area contributed by atoms with Gasteiger partial charge >= 0.3 is 0 Å². The molecule has 0 bridgehead atoms. The Hall–Kier alpha value is -8.66. The molecule has 306 valence electrons. The van der Waals surface area contributed by atoms with Crippen molar-refractivity contribution in [1.82, 2.24) is 9.13 Å². The first-order valence-electron chi connectivity index (χ1n) is 22.2. The van der Waals surface area contributed by atoms with Gasteiger partial charge in [-0.15, -0.1) is 0 Å². The van der Waals surface area contributed by atoms with Gasteiger partial charge in [-0.05, 0) is 130 Å². The second-order valence-electron chi connectivity index (χ2n) is 16.6. The van der Waals surface area contributed by atoms with E-state index < -0.39 is 0 Å². The van der Waals surface area contributed by atoms with Crippen molar-refractivity contribution in [2.75, 3.05) is 4.90 Å². The monoisotopic (exact) mass is 829 g/mol. The summed E-state index contributed by atoms with van der Waals surface area (Å²) in [5.74, 6) is 0. The number of hydrogen-bond acceptors (Lipinski definition) is 1. The zero-order valence-electron chi connectivity index (χ0n) is 35.7. The van der Waals surface area contributed by atoms with E-state index in [1.165, 1.54) is 77.0 Å². The average Bonchev–Trinajstić information content (AvgIpc) is 3.90. The van der Waals surface area contributed by atoms with Crippen LogP contribution in [0.25, 0.3) is 94.4 Å². The number of hydrogen-bond donors (Lipinski definition) is 0. The van der Waals surface area contributed by atoms with Gasteiger partial charge < -0.3 is 14.0 Å². The summed E-state index contributed by atoms with van der Waals surface area (Å²) in [6, 6.07) is 87.9. The average molecular weight is 830 g/mol. The largest absolute Gasteiger partial charge is 0.311 e. The van der Waals surface area contributed by atoms with Gasteiger partial charge in [0, 0.05) is 50.0 Å². The Morgan fingerprint density at radius 2 is 0.631 bits per heavy atom. The Balaban J connectivity index is 0.892. The summed E-state index contributed by atoms with van der Waals surface area (Å²) < 4.78 is 4.73. The van der Waals surface area contributed by atoms with Gasteiger partial charge in [0.1, 0.15) is 0 Å². The molecule has 0 atom stereocenters. The Labute approximate surface area is 378 Å². The maximum Gasteiger partial charge on any atom is 0.0541 e. The molecule has 12 rings (SSSR count). The summed E-state index contributed by atoms with van der Waals surface area (Å²) in [6.45, 7) is 3.92. The third-order valence-corrected chi connectivity index (χ3v) is 12.9. The van der Waals surface area contributed by atoms with Crippen molar-refractivity contribution in [3.63, 3.8) is 0 Å². The van der Waals surface area contributed by atoms with Crippen LogP contribution in [0.3, 0.4) is 0 Å². The normalized spacial score (nSPS) is 11.4. The van der Waals surface area contributed by atoms with Gasteiger partial charge in [0.2, 0.25) is 0 Å². The molecule has 12 aromatic rings. The smallest absolute Gasteiger partial charge is 0.0541 e. The second-order valence-corrected chi connectivity index (χ2v) is 16.6.